The quantitative estimate of drug-likeness (QED) is 0.879. The van der Waals surface area contributed by atoms with Gasteiger partial charge in [0.05, 0.1) is 16.5 Å². The number of hydrogen-bond donors (Lipinski definition) is 2. The van der Waals surface area contributed by atoms with Crippen LogP contribution in [0.2, 0.25) is 10.0 Å². The molecule has 0 unspecified atom stereocenters. The van der Waals surface area contributed by atoms with Gasteiger partial charge in [0.25, 0.3) is 5.91 Å². The van der Waals surface area contributed by atoms with Gasteiger partial charge in [-0.15, -0.1) is 0 Å². The molecule has 0 radical (unpaired) electrons. The number of aryl methyl sites for hydroxylation is 1. The molecule has 23 heavy (non-hydrogen) atoms. The Hall–Kier alpha value is -2.04. The van der Waals surface area contributed by atoms with Crippen molar-refractivity contribution in [2.45, 2.75) is 13.3 Å². The molecule has 6 heteroatoms. The van der Waals surface area contributed by atoms with Gasteiger partial charge in [-0.2, -0.15) is 0 Å². The van der Waals surface area contributed by atoms with Crippen LogP contribution >= 0.6 is 23.2 Å². The van der Waals surface area contributed by atoms with Gasteiger partial charge in [0, 0.05) is 18.3 Å². The van der Waals surface area contributed by atoms with Crippen molar-refractivity contribution in [1.82, 2.24) is 5.32 Å². The number of carbonyl (C=O) groups excluding carboxylic acids is 2. The lowest BCUT2D eigenvalue weighted by atomic mass is 10.1. The molecule has 0 atom stereocenters. The number of carbonyl (C=O) groups is 2. The highest BCUT2D eigenvalue weighted by atomic mass is 35.5. The molecule has 120 valence electrons. The molecule has 0 aliphatic rings. The van der Waals surface area contributed by atoms with E-state index in [-0.39, 0.29) is 18.2 Å². The van der Waals surface area contributed by atoms with Gasteiger partial charge in [0.1, 0.15) is 0 Å². The summed E-state index contributed by atoms with van der Waals surface area (Å²) in [6, 6.07) is 10.2. The molecule has 2 amide bonds. The smallest absolute Gasteiger partial charge is 0.251 e. The van der Waals surface area contributed by atoms with Crippen LogP contribution in [-0.4, -0.2) is 18.9 Å². The summed E-state index contributed by atoms with van der Waals surface area (Å²) in [5.74, 6) is -0.398. The topological polar surface area (TPSA) is 58.2 Å². The van der Waals surface area contributed by atoms with Crippen molar-refractivity contribution in [3.05, 3.63) is 63.1 Å². The average molecular weight is 351 g/mol. The van der Waals surface area contributed by atoms with E-state index in [4.69, 9.17) is 23.2 Å². The second-order valence-electron chi connectivity index (χ2n) is 5.08. The van der Waals surface area contributed by atoms with Gasteiger partial charge >= 0.3 is 0 Å². The molecular formula is C17H16Cl2N2O2. The minimum absolute atomic E-state index is 0.167. The standard InChI is InChI=1S/C17H16Cl2N2O2/c1-10-3-5-12(17(23)20-2)9-15(10)21-16(22)8-11-4-6-13(18)14(19)7-11/h3-7,9H,8H2,1-2H3,(H,20,23)(H,21,22). The molecule has 0 fully saturated rings. The van der Waals surface area contributed by atoms with E-state index >= 15 is 0 Å². The first-order valence-corrected chi connectivity index (χ1v) is 7.73. The van der Waals surface area contributed by atoms with Crippen LogP contribution in [0.1, 0.15) is 21.5 Å². The molecule has 0 saturated heterocycles. The van der Waals surface area contributed by atoms with Crippen LogP contribution in [0.4, 0.5) is 5.69 Å². The van der Waals surface area contributed by atoms with Crippen LogP contribution in [0.15, 0.2) is 36.4 Å². The van der Waals surface area contributed by atoms with Crippen molar-refractivity contribution < 1.29 is 9.59 Å². The third-order valence-corrected chi connectivity index (χ3v) is 4.09. The predicted molar refractivity (Wildman–Crippen MR) is 93.4 cm³/mol. The highest BCUT2D eigenvalue weighted by molar-refractivity contribution is 6.42. The molecule has 0 aliphatic heterocycles. The number of amides is 2. The van der Waals surface area contributed by atoms with Crippen molar-refractivity contribution in [2.24, 2.45) is 0 Å². The third-order valence-electron chi connectivity index (χ3n) is 3.35. The lowest BCUT2D eigenvalue weighted by Gasteiger charge is -2.10. The zero-order chi connectivity index (χ0) is 17.0. The van der Waals surface area contributed by atoms with Crippen LogP contribution in [0.3, 0.4) is 0 Å². The Bertz CT molecular complexity index is 760. The summed E-state index contributed by atoms with van der Waals surface area (Å²) < 4.78 is 0. The van der Waals surface area contributed by atoms with E-state index in [2.05, 4.69) is 10.6 Å². The Morgan fingerprint density at radius 1 is 1.04 bits per heavy atom. The van der Waals surface area contributed by atoms with Crippen LogP contribution in [-0.2, 0) is 11.2 Å². The second-order valence-corrected chi connectivity index (χ2v) is 5.90. The van der Waals surface area contributed by atoms with Crippen molar-refractivity contribution >= 4 is 40.7 Å². The molecule has 0 saturated carbocycles. The van der Waals surface area contributed by atoms with Crippen LogP contribution in [0.25, 0.3) is 0 Å². The van der Waals surface area contributed by atoms with E-state index in [0.717, 1.165) is 11.1 Å². The summed E-state index contributed by atoms with van der Waals surface area (Å²) in [6.07, 6.45) is 0.167. The molecule has 2 aromatic rings. The molecule has 0 spiro atoms. The molecule has 4 nitrogen and oxygen atoms in total. The molecule has 0 bridgehead atoms. The Labute approximate surface area is 144 Å². The lowest BCUT2D eigenvalue weighted by molar-refractivity contribution is -0.115. The van der Waals surface area contributed by atoms with Gasteiger partial charge in [-0.1, -0.05) is 35.3 Å². The highest BCUT2D eigenvalue weighted by Crippen LogP contribution is 2.23. The molecule has 0 aromatic heterocycles. The number of rotatable bonds is 4. The Kier molecular flexibility index (Phi) is 5.64. The van der Waals surface area contributed by atoms with Crippen LogP contribution in [0, 0.1) is 6.92 Å². The Balaban J connectivity index is 2.13. The SMILES string of the molecule is CNC(=O)c1ccc(C)c(NC(=O)Cc2ccc(Cl)c(Cl)c2)c1. The maximum Gasteiger partial charge on any atom is 0.251 e. The number of hydrogen-bond acceptors (Lipinski definition) is 2. The van der Waals surface area contributed by atoms with E-state index in [0.29, 0.717) is 21.3 Å². The zero-order valence-electron chi connectivity index (χ0n) is 12.7. The maximum absolute atomic E-state index is 12.2. The number of halogens is 2. The molecule has 2 aromatic carbocycles. The summed E-state index contributed by atoms with van der Waals surface area (Å²) in [7, 11) is 1.56. The summed E-state index contributed by atoms with van der Waals surface area (Å²) in [4.78, 5) is 23.9. The highest BCUT2D eigenvalue weighted by Gasteiger charge is 2.10. The van der Waals surface area contributed by atoms with E-state index in [1.165, 1.54) is 0 Å². The third kappa shape index (κ3) is 4.47. The largest absolute Gasteiger partial charge is 0.355 e. The minimum atomic E-state index is -0.204. The normalized spacial score (nSPS) is 10.3. The van der Waals surface area contributed by atoms with Gasteiger partial charge in [0.15, 0.2) is 0 Å². The lowest BCUT2D eigenvalue weighted by Crippen LogP contribution is -2.19. The molecule has 2 N–H and O–H groups in total. The van der Waals surface area contributed by atoms with Crippen LogP contribution in [0.5, 0.6) is 0 Å². The van der Waals surface area contributed by atoms with E-state index in [1.54, 1.807) is 43.4 Å². The van der Waals surface area contributed by atoms with Gasteiger partial charge in [-0.25, -0.2) is 0 Å². The van der Waals surface area contributed by atoms with Crippen molar-refractivity contribution in [2.75, 3.05) is 12.4 Å². The summed E-state index contributed by atoms with van der Waals surface area (Å²) in [6.45, 7) is 1.86. The van der Waals surface area contributed by atoms with Crippen molar-refractivity contribution in [3.8, 4) is 0 Å². The minimum Gasteiger partial charge on any atom is -0.355 e. The average Bonchev–Trinajstić information content (AvgIpc) is 2.52. The van der Waals surface area contributed by atoms with Gasteiger partial charge < -0.3 is 10.6 Å². The Morgan fingerprint density at radius 2 is 1.78 bits per heavy atom. The first-order chi connectivity index (χ1) is 10.9. The van der Waals surface area contributed by atoms with Crippen molar-refractivity contribution in [1.29, 1.82) is 0 Å². The summed E-state index contributed by atoms with van der Waals surface area (Å²) >= 11 is 11.8. The Morgan fingerprint density at radius 3 is 2.43 bits per heavy atom. The molecule has 2 rings (SSSR count). The van der Waals surface area contributed by atoms with Crippen LogP contribution < -0.4 is 10.6 Å². The molecule has 0 aliphatic carbocycles. The number of benzene rings is 2. The monoisotopic (exact) mass is 350 g/mol. The first kappa shape index (κ1) is 17.3. The van der Waals surface area contributed by atoms with E-state index in [9.17, 15) is 9.59 Å². The van der Waals surface area contributed by atoms with E-state index < -0.39 is 0 Å². The number of nitrogens with one attached hydrogen (secondary N) is 2. The summed E-state index contributed by atoms with van der Waals surface area (Å²) in [5.41, 5.74) is 2.73. The number of anilines is 1. The predicted octanol–water partition coefficient (Wildman–Crippen LogP) is 3.84. The fraction of sp³-hybridized carbons (Fsp3) is 0.176. The van der Waals surface area contributed by atoms with Gasteiger partial charge in [-0.05, 0) is 42.3 Å². The first-order valence-electron chi connectivity index (χ1n) is 6.97. The van der Waals surface area contributed by atoms with Crippen molar-refractivity contribution in [3.63, 3.8) is 0 Å². The fourth-order valence-corrected chi connectivity index (χ4v) is 2.39. The maximum atomic E-state index is 12.2. The van der Waals surface area contributed by atoms with Gasteiger partial charge in [0.2, 0.25) is 5.91 Å². The van der Waals surface area contributed by atoms with E-state index in [1.807, 2.05) is 6.92 Å². The van der Waals surface area contributed by atoms with Gasteiger partial charge in [-0.3, -0.25) is 9.59 Å². The summed E-state index contributed by atoms with van der Waals surface area (Å²) in [5, 5.41) is 6.23. The molecular weight excluding hydrogens is 335 g/mol. The zero-order valence-corrected chi connectivity index (χ0v) is 14.3. The second kappa shape index (κ2) is 7.49. The molecule has 0 heterocycles. The fourth-order valence-electron chi connectivity index (χ4n) is 2.07.